The minimum Gasteiger partial charge on any atom is -0.324 e. The smallest absolute Gasteiger partial charge is 0.263 e. The van der Waals surface area contributed by atoms with Crippen molar-refractivity contribution in [3.63, 3.8) is 0 Å². The van der Waals surface area contributed by atoms with Gasteiger partial charge in [-0.15, -0.1) is 0 Å². The number of imide groups is 1. The molecule has 9 heteroatoms. The topological polar surface area (TPSA) is 94.4 Å². The van der Waals surface area contributed by atoms with Crippen molar-refractivity contribution in [2.24, 2.45) is 10.3 Å². The van der Waals surface area contributed by atoms with Gasteiger partial charge in [0.25, 0.3) is 11.8 Å². The fraction of sp³-hybridized carbons (Fsp3) is 0.211. The third kappa shape index (κ3) is 3.11. The van der Waals surface area contributed by atoms with Crippen LogP contribution in [0, 0.1) is 12.7 Å². The van der Waals surface area contributed by atoms with Gasteiger partial charge in [0.2, 0.25) is 5.91 Å². The number of hydrogen-bond acceptors (Lipinski definition) is 6. The van der Waals surface area contributed by atoms with Crippen LogP contribution in [0.15, 0.2) is 58.9 Å². The maximum absolute atomic E-state index is 13.2. The van der Waals surface area contributed by atoms with E-state index in [1.807, 2.05) is 6.92 Å². The Bertz CT molecular complexity index is 991. The molecule has 1 N–H and O–H groups in total. The molecule has 28 heavy (non-hydrogen) atoms. The fourth-order valence-electron chi connectivity index (χ4n) is 3.22. The van der Waals surface area contributed by atoms with Crippen molar-refractivity contribution in [1.82, 2.24) is 5.01 Å². The van der Waals surface area contributed by atoms with Gasteiger partial charge >= 0.3 is 0 Å². The first kappa shape index (κ1) is 17.8. The molecular formula is C19H16FN5O3. The van der Waals surface area contributed by atoms with E-state index in [-0.39, 0.29) is 12.2 Å². The lowest BCUT2D eigenvalue weighted by Crippen LogP contribution is -2.43. The highest BCUT2D eigenvalue weighted by atomic mass is 19.1. The van der Waals surface area contributed by atoms with Crippen LogP contribution in [0.1, 0.15) is 5.56 Å². The summed E-state index contributed by atoms with van der Waals surface area (Å²) in [4.78, 5) is 38.8. The van der Waals surface area contributed by atoms with Gasteiger partial charge < -0.3 is 5.32 Å². The van der Waals surface area contributed by atoms with E-state index in [2.05, 4.69) is 15.7 Å². The van der Waals surface area contributed by atoms with Crippen LogP contribution in [0.3, 0.4) is 0 Å². The Morgan fingerprint density at radius 3 is 2.61 bits per heavy atom. The van der Waals surface area contributed by atoms with Gasteiger partial charge in [-0.2, -0.15) is 5.11 Å². The number of hydrogen-bond donors (Lipinski definition) is 1. The first-order valence-corrected chi connectivity index (χ1v) is 8.61. The molecule has 2 aliphatic heterocycles. The van der Waals surface area contributed by atoms with Crippen LogP contribution < -0.4 is 10.2 Å². The van der Waals surface area contributed by atoms with Crippen molar-refractivity contribution in [3.05, 3.63) is 59.9 Å². The monoisotopic (exact) mass is 381 g/mol. The molecule has 0 aliphatic carbocycles. The second kappa shape index (κ2) is 6.84. The van der Waals surface area contributed by atoms with Crippen LogP contribution in [-0.4, -0.2) is 41.4 Å². The van der Waals surface area contributed by atoms with Crippen molar-refractivity contribution in [2.45, 2.75) is 19.0 Å². The van der Waals surface area contributed by atoms with Crippen LogP contribution in [0.4, 0.5) is 15.8 Å². The van der Waals surface area contributed by atoms with E-state index in [0.29, 0.717) is 5.69 Å². The van der Waals surface area contributed by atoms with Crippen molar-refractivity contribution >= 4 is 29.1 Å². The van der Waals surface area contributed by atoms with Crippen molar-refractivity contribution in [1.29, 1.82) is 0 Å². The molecule has 2 heterocycles. The Morgan fingerprint density at radius 1 is 1.14 bits per heavy atom. The zero-order chi connectivity index (χ0) is 19.8. The van der Waals surface area contributed by atoms with Crippen molar-refractivity contribution in [3.8, 4) is 0 Å². The van der Waals surface area contributed by atoms with Crippen LogP contribution in [-0.2, 0) is 14.4 Å². The minimum absolute atomic E-state index is 0.285. The molecule has 1 saturated heterocycles. The molecule has 0 bridgehead atoms. The van der Waals surface area contributed by atoms with E-state index in [9.17, 15) is 18.8 Å². The van der Waals surface area contributed by atoms with E-state index < -0.39 is 35.6 Å². The molecule has 0 saturated carbocycles. The number of nitrogens with zero attached hydrogens (tertiary/aromatic N) is 4. The van der Waals surface area contributed by atoms with Crippen LogP contribution in [0.5, 0.6) is 0 Å². The van der Waals surface area contributed by atoms with Gasteiger partial charge in [0.1, 0.15) is 12.4 Å². The number of benzene rings is 2. The molecule has 1 fully saturated rings. The highest BCUT2D eigenvalue weighted by molar-refractivity contribution is 6.25. The second-order valence-corrected chi connectivity index (χ2v) is 6.60. The summed E-state index contributed by atoms with van der Waals surface area (Å²) in [5.74, 6) is -1.94. The number of nitrogens with one attached hydrogen (secondary N) is 1. The molecule has 0 unspecified atom stereocenters. The zero-order valence-electron chi connectivity index (χ0n) is 14.9. The Labute approximate surface area is 159 Å². The summed E-state index contributed by atoms with van der Waals surface area (Å²) in [5.41, 5.74) is 1.74. The van der Waals surface area contributed by atoms with Crippen LogP contribution >= 0.6 is 0 Å². The van der Waals surface area contributed by atoms with Gasteiger partial charge in [-0.1, -0.05) is 29.0 Å². The van der Waals surface area contributed by atoms with E-state index in [1.165, 1.54) is 23.2 Å². The standard InChI is InChI=1S/C19H16FN5O3/c1-11-5-7-14(8-6-11)25-18(27)16-17(19(25)28)24(23-22-16)10-15(26)21-13-4-2-3-12(20)9-13/h2-9,16-17H,10H2,1H3,(H,21,26)/t16-,17-/m0/s1. The fourth-order valence-corrected chi connectivity index (χ4v) is 3.22. The average Bonchev–Trinajstić information content (AvgIpc) is 3.16. The molecule has 2 aliphatic rings. The summed E-state index contributed by atoms with van der Waals surface area (Å²) in [5, 5.41) is 11.4. The van der Waals surface area contributed by atoms with Crippen molar-refractivity contribution < 1.29 is 18.8 Å². The summed E-state index contributed by atoms with van der Waals surface area (Å²) in [7, 11) is 0. The zero-order valence-corrected chi connectivity index (χ0v) is 14.9. The Kier molecular flexibility index (Phi) is 4.34. The summed E-state index contributed by atoms with van der Waals surface area (Å²) in [6.45, 7) is 1.61. The first-order valence-electron chi connectivity index (χ1n) is 8.61. The first-order chi connectivity index (χ1) is 13.4. The molecule has 142 valence electrons. The minimum atomic E-state index is -0.976. The SMILES string of the molecule is Cc1ccc(N2C(=O)[C@H]3N=NN(CC(=O)Nc4cccc(F)c4)[C@@H]3C2=O)cc1. The number of rotatable bonds is 4. The Hall–Kier alpha value is -3.62. The lowest BCUT2D eigenvalue weighted by atomic mass is 10.1. The quantitative estimate of drug-likeness (QED) is 0.821. The van der Waals surface area contributed by atoms with Gasteiger partial charge in [0.05, 0.1) is 5.69 Å². The molecule has 0 radical (unpaired) electrons. The molecule has 2 aromatic rings. The summed E-state index contributed by atoms with van der Waals surface area (Å²) < 4.78 is 13.2. The number of anilines is 2. The number of amides is 3. The van der Waals surface area contributed by atoms with Gasteiger partial charge in [-0.05, 0) is 37.3 Å². The third-order valence-electron chi connectivity index (χ3n) is 4.56. The number of aryl methyl sites for hydroxylation is 1. The van der Waals surface area contributed by atoms with Crippen LogP contribution in [0.25, 0.3) is 0 Å². The second-order valence-electron chi connectivity index (χ2n) is 6.60. The highest BCUT2D eigenvalue weighted by Crippen LogP contribution is 2.31. The third-order valence-corrected chi connectivity index (χ3v) is 4.56. The van der Waals surface area contributed by atoms with Gasteiger partial charge in [-0.25, -0.2) is 9.29 Å². The predicted octanol–water partition coefficient (Wildman–Crippen LogP) is 2.07. The van der Waals surface area contributed by atoms with Crippen molar-refractivity contribution in [2.75, 3.05) is 16.8 Å². The van der Waals surface area contributed by atoms with Gasteiger partial charge in [0, 0.05) is 5.69 Å². The molecule has 2 aromatic carbocycles. The lowest BCUT2D eigenvalue weighted by Gasteiger charge is -2.20. The molecule has 3 amide bonds. The number of carbonyl (C=O) groups excluding carboxylic acids is 3. The predicted molar refractivity (Wildman–Crippen MR) is 97.8 cm³/mol. The van der Waals surface area contributed by atoms with E-state index in [0.717, 1.165) is 10.5 Å². The molecular weight excluding hydrogens is 365 g/mol. The highest BCUT2D eigenvalue weighted by Gasteiger charge is 2.55. The molecule has 8 nitrogen and oxygen atoms in total. The summed E-state index contributed by atoms with van der Waals surface area (Å²) in [6, 6.07) is 10.5. The maximum Gasteiger partial charge on any atom is 0.263 e. The lowest BCUT2D eigenvalue weighted by molar-refractivity contribution is -0.123. The molecule has 0 aromatic heterocycles. The van der Waals surface area contributed by atoms with E-state index in [1.54, 1.807) is 30.3 Å². The molecule has 0 spiro atoms. The molecule has 2 atom stereocenters. The average molecular weight is 381 g/mol. The Balaban J connectivity index is 1.48. The molecule has 4 rings (SSSR count). The Morgan fingerprint density at radius 2 is 1.89 bits per heavy atom. The summed E-state index contributed by atoms with van der Waals surface area (Å²) in [6.07, 6.45) is 0. The number of fused-ring (bicyclic) bond motifs is 1. The number of carbonyl (C=O) groups is 3. The normalized spacial score (nSPS) is 20.6. The van der Waals surface area contributed by atoms with E-state index >= 15 is 0 Å². The largest absolute Gasteiger partial charge is 0.324 e. The van der Waals surface area contributed by atoms with Crippen LogP contribution in [0.2, 0.25) is 0 Å². The maximum atomic E-state index is 13.2. The summed E-state index contributed by atoms with van der Waals surface area (Å²) >= 11 is 0. The number of halogens is 1. The van der Waals surface area contributed by atoms with Gasteiger partial charge in [0.15, 0.2) is 12.1 Å². The van der Waals surface area contributed by atoms with E-state index in [4.69, 9.17) is 0 Å². The van der Waals surface area contributed by atoms with Gasteiger partial charge in [-0.3, -0.25) is 19.4 Å².